The lowest BCUT2D eigenvalue weighted by molar-refractivity contribution is -0.202. The molecule has 9 heteroatoms. The van der Waals surface area contributed by atoms with Crippen molar-refractivity contribution in [3.63, 3.8) is 0 Å². The summed E-state index contributed by atoms with van der Waals surface area (Å²) < 4.78 is 19.5. The Kier molecular flexibility index (Phi) is 8.95. The van der Waals surface area contributed by atoms with Gasteiger partial charge in [-0.05, 0) is 68.7 Å². The van der Waals surface area contributed by atoms with Gasteiger partial charge < -0.3 is 30.0 Å². The van der Waals surface area contributed by atoms with Gasteiger partial charge in [0.05, 0.1) is 18.8 Å². The van der Waals surface area contributed by atoms with Crippen molar-refractivity contribution in [1.82, 2.24) is 10.6 Å². The summed E-state index contributed by atoms with van der Waals surface area (Å²) >= 11 is 0. The summed E-state index contributed by atoms with van der Waals surface area (Å²) in [6, 6.07) is 9.72. The molecule has 0 aromatic heterocycles. The van der Waals surface area contributed by atoms with Gasteiger partial charge in [-0.25, -0.2) is 0 Å². The average molecular weight is 621 g/mol. The second kappa shape index (κ2) is 12.5. The minimum atomic E-state index is -1.27. The molecule has 9 nitrogen and oxygen atoms in total. The fourth-order valence-electron chi connectivity index (χ4n) is 9.66. The summed E-state index contributed by atoms with van der Waals surface area (Å²) in [5.41, 5.74) is -0.288. The van der Waals surface area contributed by atoms with Crippen LogP contribution in [0.2, 0.25) is 0 Å². The number of nitrogens with one attached hydrogen (secondary N) is 2. The number of allylic oxidation sites excluding steroid dienone is 4. The molecule has 1 amide bonds. The summed E-state index contributed by atoms with van der Waals surface area (Å²) in [6.45, 7) is 6.20. The van der Waals surface area contributed by atoms with Crippen molar-refractivity contribution in [3.8, 4) is 0 Å². The van der Waals surface area contributed by atoms with E-state index in [1.165, 1.54) is 0 Å². The van der Waals surface area contributed by atoms with Gasteiger partial charge in [0.1, 0.15) is 12.8 Å². The van der Waals surface area contributed by atoms with Crippen LogP contribution in [0.25, 0.3) is 0 Å². The molecular weight excluding hydrogens is 572 g/mol. The molecule has 10 atom stereocenters. The summed E-state index contributed by atoms with van der Waals surface area (Å²) in [7, 11) is 1.70. The number of aliphatic hydroxyl groups excluding tert-OH is 1. The molecule has 1 aromatic rings. The molecule has 2 unspecified atom stereocenters. The van der Waals surface area contributed by atoms with E-state index in [1.807, 2.05) is 36.4 Å². The predicted molar refractivity (Wildman–Crippen MR) is 168 cm³/mol. The topological polar surface area (TPSA) is 123 Å². The molecule has 45 heavy (non-hydrogen) atoms. The van der Waals surface area contributed by atoms with Gasteiger partial charge in [0.25, 0.3) is 0 Å². The number of ketones is 2. The molecule has 1 saturated heterocycles. The van der Waals surface area contributed by atoms with Gasteiger partial charge in [-0.3, -0.25) is 14.4 Å². The van der Waals surface area contributed by atoms with Crippen LogP contribution in [-0.2, 0) is 35.0 Å². The van der Waals surface area contributed by atoms with Gasteiger partial charge in [-0.15, -0.1) is 0 Å². The highest BCUT2D eigenvalue weighted by Gasteiger charge is 2.75. The average Bonchev–Trinajstić information content (AvgIpc) is 3.48. The first-order valence-electron chi connectivity index (χ1n) is 16.6. The van der Waals surface area contributed by atoms with E-state index in [-0.39, 0.29) is 48.4 Å². The number of amides is 1. The fourth-order valence-corrected chi connectivity index (χ4v) is 9.66. The highest BCUT2D eigenvalue weighted by Crippen LogP contribution is 2.69. The summed E-state index contributed by atoms with van der Waals surface area (Å²) in [5, 5.41) is 17.7. The van der Waals surface area contributed by atoms with Crippen molar-refractivity contribution < 1.29 is 33.7 Å². The lowest BCUT2D eigenvalue weighted by atomic mass is 9.46. The molecule has 0 spiro atoms. The van der Waals surface area contributed by atoms with E-state index >= 15 is 0 Å². The van der Waals surface area contributed by atoms with E-state index in [9.17, 15) is 19.5 Å². The van der Waals surface area contributed by atoms with Gasteiger partial charge >= 0.3 is 0 Å². The summed E-state index contributed by atoms with van der Waals surface area (Å²) in [4.78, 5) is 39.4. The van der Waals surface area contributed by atoms with Crippen LogP contribution in [0.5, 0.6) is 0 Å². The third kappa shape index (κ3) is 5.44. The number of Topliss-reactive ketones (excluding diaryl/α,β-unsaturated/α-hetero) is 1. The molecular formula is C36H48N2O7. The highest BCUT2D eigenvalue weighted by molar-refractivity contribution is 6.01. The molecule has 244 valence electrons. The normalized spacial score (nSPS) is 38.9. The van der Waals surface area contributed by atoms with E-state index < -0.39 is 41.2 Å². The van der Waals surface area contributed by atoms with Gasteiger partial charge in [0.15, 0.2) is 23.5 Å². The summed E-state index contributed by atoms with van der Waals surface area (Å²) in [6.07, 6.45) is 7.65. The van der Waals surface area contributed by atoms with Crippen molar-refractivity contribution in [2.75, 3.05) is 20.2 Å². The van der Waals surface area contributed by atoms with Crippen molar-refractivity contribution in [2.24, 2.45) is 28.6 Å². The standard InChI is InChI=1S/C36H48N2O7/c1-5-9-32-44-29-18-26-25-13-12-23-17-24(39)14-15-34(23,2)33(25)27(40)19-35(26,3)36(29,45-32)28(41)21-43-31(38-30(42)20-37-4)16-22-10-7-6-8-11-22/h6-8,10-11,14-15,17,25-27,29,31-33,37,40H,5,9,12-13,16,18-21H2,1-4H3,(H,38,42)/t25-,26-,27-,29+,31?,32?,33+,34-,35-,36+/m0/s1. The first-order valence-corrected chi connectivity index (χ1v) is 16.6. The quantitative estimate of drug-likeness (QED) is 0.321. The fraction of sp³-hybridized carbons (Fsp3) is 0.639. The van der Waals surface area contributed by atoms with Crippen LogP contribution in [-0.4, -0.2) is 73.1 Å². The number of ether oxygens (including phenoxy) is 3. The molecule has 3 saturated carbocycles. The van der Waals surface area contributed by atoms with E-state index in [0.29, 0.717) is 25.7 Å². The van der Waals surface area contributed by atoms with Gasteiger partial charge in [-0.2, -0.15) is 0 Å². The van der Waals surface area contributed by atoms with Crippen molar-refractivity contribution in [1.29, 1.82) is 0 Å². The molecule has 5 aliphatic rings. The van der Waals surface area contributed by atoms with Crippen LogP contribution in [0, 0.1) is 28.6 Å². The van der Waals surface area contributed by atoms with Crippen molar-refractivity contribution in [2.45, 2.75) is 96.0 Å². The Balaban J connectivity index is 1.28. The molecule has 3 N–H and O–H groups in total. The van der Waals surface area contributed by atoms with Crippen LogP contribution in [0.15, 0.2) is 54.1 Å². The molecule has 4 aliphatic carbocycles. The molecule has 4 fully saturated rings. The molecule has 1 heterocycles. The zero-order valence-electron chi connectivity index (χ0n) is 26.9. The lowest BCUT2D eigenvalue weighted by Crippen LogP contribution is -2.63. The Labute approximate surface area is 266 Å². The van der Waals surface area contributed by atoms with E-state index in [2.05, 4.69) is 31.4 Å². The Morgan fingerprint density at radius 1 is 1.20 bits per heavy atom. The van der Waals surface area contributed by atoms with E-state index in [1.54, 1.807) is 19.2 Å². The zero-order chi connectivity index (χ0) is 32.0. The Morgan fingerprint density at radius 2 is 1.98 bits per heavy atom. The second-order valence-corrected chi connectivity index (χ2v) is 14.2. The number of aliphatic hydroxyl groups is 1. The molecule has 0 radical (unpaired) electrons. The van der Waals surface area contributed by atoms with Crippen LogP contribution < -0.4 is 10.6 Å². The number of hydrogen-bond acceptors (Lipinski definition) is 8. The van der Waals surface area contributed by atoms with Gasteiger partial charge in [0, 0.05) is 23.2 Å². The third-order valence-corrected chi connectivity index (χ3v) is 11.6. The van der Waals surface area contributed by atoms with Crippen LogP contribution in [0.1, 0.15) is 64.9 Å². The lowest BCUT2D eigenvalue weighted by Gasteiger charge is -2.59. The van der Waals surface area contributed by atoms with Crippen molar-refractivity contribution >= 4 is 17.5 Å². The maximum atomic E-state index is 14.6. The van der Waals surface area contributed by atoms with Crippen LogP contribution in [0.3, 0.4) is 0 Å². The maximum Gasteiger partial charge on any atom is 0.235 e. The predicted octanol–water partition coefficient (Wildman–Crippen LogP) is 3.65. The Hall–Kier alpha value is -2.69. The van der Waals surface area contributed by atoms with Crippen LogP contribution in [0.4, 0.5) is 0 Å². The SMILES string of the molecule is CCCC1O[C@@H]2C[C@H]3[C@@H]4CCC5=CC(=O)C=C[C@]5(C)[C@H]4[C@@H](O)C[C@]3(C)[C@]2(C(=O)COC(Cc2ccccc2)NC(=O)CNC)O1. The Bertz CT molecular complexity index is 1360. The first-order chi connectivity index (χ1) is 21.6. The van der Waals surface area contributed by atoms with Gasteiger partial charge in [0.2, 0.25) is 5.91 Å². The molecule has 1 aromatic carbocycles. The van der Waals surface area contributed by atoms with E-state index in [0.717, 1.165) is 30.4 Å². The first kappa shape index (κ1) is 32.3. The van der Waals surface area contributed by atoms with Gasteiger partial charge in [-0.1, -0.05) is 69.2 Å². The van der Waals surface area contributed by atoms with E-state index in [4.69, 9.17) is 14.2 Å². The minimum Gasteiger partial charge on any atom is -0.393 e. The number of carbonyl (C=O) groups excluding carboxylic acids is 3. The molecule has 6 rings (SSSR count). The van der Waals surface area contributed by atoms with Crippen molar-refractivity contribution in [3.05, 3.63) is 59.7 Å². The second-order valence-electron chi connectivity index (χ2n) is 14.2. The smallest absolute Gasteiger partial charge is 0.235 e. The number of rotatable bonds is 11. The number of carbonyl (C=O) groups is 3. The minimum absolute atomic E-state index is 0.00694. The third-order valence-electron chi connectivity index (χ3n) is 11.6. The molecule has 0 bridgehead atoms. The monoisotopic (exact) mass is 620 g/mol. The highest BCUT2D eigenvalue weighted by atomic mass is 16.7. The number of benzene rings is 1. The molecule has 1 aliphatic heterocycles. The van der Waals surface area contributed by atoms with Crippen LogP contribution >= 0.6 is 0 Å². The largest absolute Gasteiger partial charge is 0.393 e. The number of likely N-dealkylation sites (N-methyl/N-ethyl adjacent to an activating group) is 1. The summed E-state index contributed by atoms with van der Waals surface area (Å²) in [5.74, 6) is -0.259. The number of hydrogen-bond donors (Lipinski definition) is 3. The zero-order valence-corrected chi connectivity index (χ0v) is 26.9. The Morgan fingerprint density at radius 3 is 2.71 bits per heavy atom. The maximum absolute atomic E-state index is 14.6. The number of fused-ring (bicyclic) bond motifs is 7.